The molecule has 1 atom stereocenters. The summed E-state index contributed by atoms with van der Waals surface area (Å²) in [6.45, 7) is 0.0523. The second-order valence-corrected chi connectivity index (χ2v) is 8.08. The number of aromatic nitrogens is 1. The number of fused-ring (bicyclic) bond motifs is 3. The minimum Gasteiger partial charge on any atom is -0.481 e. The zero-order chi connectivity index (χ0) is 24.8. The molecule has 0 aliphatic heterocycles. The highest BCUT2D eigenvalue weighted by Gasteiger charge is 2.29. The minimum atomic E-state index is -1.01. The molecule has 0 radical (unpaired) electrons. The fraction of sp³-hybridized carbons (Fsp3) is 0.231. The molecule has 2 amide bonds. The fourth-order valence-electron chi connectivity index (χ4n) is 4.12. The number of nitrogens with zero attached hydrogens (tertiary/aromatic N) is 1. The van der Waals surface area contributed by atoms with E-state index in [4.69, 9.17) is 14.6 Å². The molecule has 1 unspecified atom stereocenters. The number of carboxylic acids is 1. The molecular formula is C26H25N3O6. The monoisotopic (exact) mass is 475 g/mol. The van der Waals surface area contributed by atoms with Crippen LogP contribution in [0.15, 0.2) is 66.9 Å². The lowest BCUT2D eigenvalue weighted by Gasteiger charge is -2.19. The van der Waals surface area contributed by atoms with E-state index in [-0.39, 0.29) is 25.6 Å². The van der Waals surface area contributed by atoms with Crippen LogP contribution in [0.2, 0.25) is 0 Å². The summed E-state index contributed by atoms with van der Waals surface area (Å²) in [5, 5.41) is 14.0. The number of aliphatic carboxylic acids is 1. The summed E-state index contributed by atoms with van der Waals surface area (Å²) in [6.07, 6.45) is 0.399. The zero-order valence-corrected chi connectivity index (χ0v) is 19.1. The second kappa shape index (κ2) is 10.8. The number of benzene rings is 2. The minimum absolute atomic E-state index is 0.0689. The van der Waals surface area contributed by atoms with E-state index in [1.807, 2.05) is 36.4 Å². The van der Waals surface area contributed by atoms with Gasteiger partial charge in [0.1, 0.15) is 12.6 Å². The molecule has 1 aliphatic carbocycles. The summed E-state index contributed by atoms with van der Waals surface area (Å²) < 4.78 is 10.6. The first-order valence-electron chi connectivity index (χ1n) is 11.0. The van der Waals surface area contributed by atoms with E-state index in [0.29, 0.717) is 11.4 Å². The van der Waals surface area contributed by atoms with E-state index in [1.54, 1.807) is 6.07 Å². The Kier molecular flexibility index (Phi) is 7.37. The summed E-state index contributed by atoms with van der Waals surface area (Å²) in [5.74, 6) is -1.62. The van der Waals surface area contributed by atoms with Gasteiger partial charge in [0.25, 0.3) is 0 Å². The number of methoxy groups -OCH3 is 1. The lowest BCUT2D eigenvalue weighted by atomic mass is 9.98. The molecule has 9 nitrogen and oxygen atoms in total. The lowest BCUT2D eigenvalue weighted by Crippen LogP contribution is -2.47. The average molecular weight is 476 g/mol. The topological polar surface area (TPSA) is 127 Å². The molecular weight excluding hydrogens is 450 g/mol. The van der Waals surface area contributed by atoms with Gasteiger partial charge in [-0.25, -0.2) is 4.79 Å². The molecule has 3 aromatic rings. The van der Waals surface area contributed by atoms with Gasteiger partial charge in [-0.3, -0.25) is 14.6 Å². The fourth-order valence-corrected chi connectivity index (χ4v) is 4.12. The zero-order valence-electron chi connectivity index (χ0n) is 19.1. The van der Waals surface area contributed by atoms with Gasteiger partial charge in [0, 0.05) is 13.0 Å². The van der Waals surface area contributed by atoms with Crippen molar-refractivity contribution < 1.29 is 29.0 Å². The quantitative estimate of drug-likeness (QED) is 0.434. The van der Waals surface area contributed by atoms with Crippen molar-refractivity contribution in [3.63, 3.8) is 0 Å². The predicted octanol–water partition coefficient (Wildman–Crippen LogP) is 3.20. The van der Waals surface area contributed by atoms with Gasteiger partial charge in [-0.15, -0.1) is 0 Å². The number of nitrogens with one attached hydrogen (secondary N) is 2. The Hall–Kier alpha value is -4.24. The maximum atomic E-state index is 12.7. The molecule has 0 saturated heterocycles. The Morgan fingerprint density at radius 3 is 2.23 bits per heavy atom. The number of hydrogen-bond acceptors (Lipinski definition) is 6. The number of alkyl carbamates (subject to hydrolysis) is 1. The molecule has 3 N–H and O–H groups in total. The predicted molar refractivity (Wildman–Crippen MR) is 128 cm³/mol. The van der Waals surface area contributed by atoms with Crippen molar-refractivity contribution in [1.82, 2.24) is 10.3 Å². The van der Waals surface area contributed by atoms with Crippen molar-refractivity contribution in [2.75, 3.05) is 25.6 Å². The first kappa shape index (κ1) is 23.9. The molecule has 0 bridgehead atoms. The normalized spacial score (nSPS) is 12.8. The smallest absolute Gasteiger partial charge is 0.407 e. The maximum absolute atomic E-state index is 12.7. The van der Waals surface area contributed by atoms with Gasteiger partial charge in [0.05, 0.1) is 30.6 Å². The van der Waals surface area contributed by atoms with Crippen LogP contribution < -0.4 is 10.6 Å². The second-order valence-electron chi connectivity index (χ2n) is 8.08. The molecule has 0 fully saturated rings. The first-order valence-corrected chi connectivity index (χ1v) is 11.0. The van der Waals surface area contributed by atoms with Crippen LogP contribution in [0, 0.1) is 0 Å². The van der Waals surface area contributed by atoms with Crippen molar-refractivity contribution in [1.29, 1.82) is 0 Å². The number of carbonyl (C=O) groups excluding carboxylic acids is 2. The van der Waals surface area contributed by atoms with Gasteiger partial charge in [0.2, 0.25) is 5.91 Å². The highest BCUT2D eigenvalue weighted by Crippen LogP contribution is 2.44. The Morgan fingerprint density at radius 1 is 1.00 bits per heavy atom. The maximum Gasteiger partial charge on any atom is 0.407 e. The van der Waals surface area contributed by atoms with Crippen molar-refractivity contribution in [3.8, 4) is 11.1 Å². The van der Waals surface area contributed by atoms with E-state index in [1.165, 1.54) is 19.4 Å². The number of anilines is 1. The Balaban J connectivity index is 1.37. The van der Waals surface area contributed by atoms with Gasteiger partial charge in [-0.1, -0.05) is 48.5 Å². The molecule has 1 aliphatic rings. The number of carboxylic acid groups (broad SMARTS) is 1. The Labute approximate surface area is 202 Å². The Bertz CT molecular complexity index is 1180. The van der Waals surface area contributed by atoms with Crippen LogP contribution in [-0.4, -0.2) is 54.4 Å². The van der Waals surface area contributed by atoms with Gasteiger partial charge in [0.15, 0.2) is 0 Å². The van der Waals surface area contributed by atoms with Gasteiger partial charge in [-0.2, -0.15) is 0 Å². The van der Waals surface area contributed by atoms with Crippen LogP contribution in [0.25, 0.3) is 11.1 Å². The van der Waals surface area contributed by atoms with E-state index in [2.05, 4.69) is 27.8 Å². The third-order valence-electron chi connectivity index (χ3n) is 5.71. The molecule has 2 aromatic carbocycles. The molecule has 4 rings (SSSR count). The number of pyridine rings is 1. The molecule has 0 saturated carbocycles. The van der Waals surface area contributed by atoms with E-state index in [0.717, 1.165) is 22.3 Å². The van der Waals surface area contributed by atoms with E-state index < -0.39 is 24.0 Å². The summed E-state index contributed by atoms with van der Waals surface area (Å²) >= 11 is 0. The standard InChI is InChI=1S/C26H25N3O6/c1-34-15-23(25(32)28-17-11-10-16(27-13-17)12-24(30)31)29-26(33)35-14-22-20-8-4-2-6-18(20)19-7-3-5-9-21(19)22/h2-11,13,22-23H,12,14-15H2,1H3,(H,28,32)(H,29,33)(H,30,31). The summed E-state index contributed by atoms with van der Waals surface area (Å²) in [7, 11) is 1.42. The summed E-state index contributed by atoms with van der Waals surface area (Å²) in [5.41, 5.74) is 5.15. The molecule has 1 aromatic heterocycles. The SMILES string of the molecule is COCC(NC(=O)OCC1c2ccccc2-c2ccccc21)C(=O)Nc1ccc(CC(=O)O)nc1. The van der Waals surface area contributed by atoms with Gasteiger partial charge in [-0.05, 0) is 34.4 Å². The molecule has 0 spiro atoms. The average Bonchev–Trinajstić information content (AvgIpc) is 3.17. The van der Waals surface area contributed by atoms with Crippen LogP contribution in [0.3, 0.4) is 0 Å². The number of rotatable bonds is 9. The largest absolute Gasteiger partial charge is 0.481 e. The Morgan fingerprint density at radius 2 is 1.66 bits per heavy atom. The highest BCUT2D eigenvalue weighted by atomic mass is 16.5. The third kappa shape index (κ3) is 5.64. The van der Waals surface area contributed by atoms with Gasteiger partial charge >= 0.3 is 12.1 Å². The van der Waals surface area contributed by atoms with Gasteiger partial charge < -0.3 is 25.2 Å². The highest BCUT2D eigenvalue weighted by molar-refractivity contribution is 5.96. The van der Waals surface area contributed by atoms with E-state index in [9.17, 15) is 14.4 Å². The van der Waals surface area contributed by atoms with Crippen LogP contribution in [-0.2, 0) is 25.5 Å². The number of amides is 2. The van der Waals surface area contributed by atoms with Crippen molar-refractivity contribution in [2.24, 2.45) is 0 Å². The number of ether oxygens (including phenoxy) is 2. The number of carbonyl (C=O) groups is 3. The van der Waals surface area contributed by atoms with Crippen molar-refractivity contribution >= 4 is 23.7 Å². The number of hydrogen-bond donors (Lipinski definition) is 3. The molecule has 9 heteroatoms. The first-order chi connectivity index (χ1) is 17.0. The van der Waals surface area contributed by atoms with E-state index >= 15 is 0 Å². The molecule has 35 heavy (non-hydrogen) atoms. The molecule has 180 valence electrons. The van der Waals surface area contributed by atoms with Crippen molar-refractivity contribution in [3.05, 3.63) is 83.7 Å². The van der Waals surface area contributed by atoms with Crippen LogP contribution in [0.4, 0.5) is 10.5 Å². The van der Waals surface area contributed by atoms with Crippen molar-refractivity contribution in [2.45, 2.75) is 18.4 Å². The lowest BCUT2D eigenvalue weighted by molar-refractivity contribution is -0.136. The van der Waals surface area contributed by atoms with Crippen LogP contribution >= 0.6 is 0 Å². The molecule has 1 heterocycles. The van der Waals surface area contributed by atoms with Crippen LogP contribution in [0.5, 0.6) is 0 Å². The summed E-state index contributed by atoms with van der Waals surface area (Å²) in [4.78, 5) is 40.1. The third-order valence-corrected chi connectivity index (χ3v) is 5.71. The van der Waals surface area contributed by atoms with Crippen LogP contribution in [0.1, 0.15) is 22.7 Å². The summed E-state index contributed by atoms with van der Waals surface area (Å²) in [6, 6.07) is 18.1.